The monoisotopic (exact) mass is 283 g/mol. The minimum Gasteiger partial charge on any atom is -0.335 e. The second-order valence-electron chi connectivity index (χ2n) is 5.21. The van der Waals surface area contributed by atoms with E-state index in [0.717, 1.165) is 18.4 Å². The van der Waals surface area contributed by atoms with Crippen LogP contribution in [0.1, 0.15) is 18.4 Å². The van der Waals surface area contributed by atoms with E-state index in [1.165, 1.54) is 0 Å². The Morgan fingerprint density at radius 2 is 1.90 bits per heavy atom. The molecule has 1 heterocycles. The van der Waals surface area contributed by atoms with Crippen LogP contribution in [0, 0.1) is 0 Å². The average Bonchev–Trinajstić information content (AvgIpc) is 3.28. The summed E-state index contributed by atoms with van der Waals surface area (Å²) in [6.07, 6.45) is 3.75. The molecule has 5 nitrogen and oxygen atoms in total. The molecule has 0 bridgehead atoms. The van der Waals surface area contributed by atoms with Gasteiger partial charge in [0, 0.05) is 12.2 Å². The van der Waals surface area contributed by atoms with Crippen LogP contribution in [-0.2, 0) is 6.54 Å². The number of pyridine rings is 1. The maximum atomic E-state index is 12.3. The van der Waals surface area contributed by atoms with Crippen molar-refractivity contribution in [2.75, 3.05) is 5.32 Å². The van der Waals surface area contributed by atoms with Gasteiger partial charge in [-0.3, -0.25) is 4.79 Å². The van der Waals surface area contributed by atoms with E-state index in [1.54, 1.807) is 22.9 Å². The van der Waals surface area contributed by atoms with Crippen LogP contribution in [0.2, 0.25) is 0 Å². The molecule has 1 aliphatic rings. The van der Waals surface area contributed by atoms with Gasteiger partial charge in [0.2, 0.25) is 0 Å². The van der Waals surface area contributed by atoms with Crippen molar-refractivity contribution in [3.63, 3.8) is 0 Å². The summed E-state index contributed by atoms with van der Waals surface area (Å²) in [4.78, 5) is 24.0. The Morgan fingerprint density at radius 1 is 1.14 bits per heavy atom. The van der Waals surface area contributed by atoms with Crippen molar-refractivity contribution < 1.29 is 4.79 Å². The normalized spacial score (nSPS) is 13.7. The summed E-state index contributed by atoms with van der Waals surface area (Å²) < 4.78 is 1.59. The van der Waals surface area contributed by atoms with Crippen LogP contribution >= 0.6 is 0 Å². The zero-order valence-electron chi connectivity index (χ0n) is 11.6. The number of carbonyl (C=O) groups is 1. The van der Waals surface area contributed by atoms with E-state index in [0.29, 0.717) is 12.2 Å². The van der Waals surface area contributed by atoms with Gasteiger partial charge in [0.1, 0.15) is 5.69 Å². The lowest BCUT2D eigenvalue weighted by Gasteiger charge is -2.10. The Balaban J connectivity index is 1.75. The molecule has 3 rings (SSSR count). The van der Waals surface area contributed by atoms with E-state index >= 15 is 0 Å². The molecule has 1 saturated carbocycles. The molecule has 0 atom stereocenters. The molecule has 0 aliphatic heterocycles. The van der Waals surface area contributed by atoms with Crippen molar-refractivity contribution in [1.29, 1.82) is 0 Å². The van der Waals surface area contributed by atoms with E-state index in [2.05, 4.69) is 10.6 Å². The minimum absolute atomic E-state index is 0.202. The Kier molecular flexibility index (Phi) is 3.73. The van der Waals surface area contributed by atoms with Gasteiger partial charge in [-0.15, -0.1) is 0 Å². The van der Waals surface area contributed by atoms with Crippen molar-refractivity contribution in [2.45, 2.75) is 25.4 Å². The van der Waals surface area contributed by atoms with Gasteiger partial charge in [0.05, 0.1) is 6.54 Å². The number of hydrogen-bond acceptors (Lipinski definition) is 2. The molecule has 2 amide bonds. The number of aromatic nitrogens is 1. The second-order valence-corrected chi connectivity index (χ2v) is 5.21. The number of anilines is 1. The van der Waals surface area contributed by atoms with Gasteiger partial charge >= 0.3 is 6.03 Å². The summed E-state index contributed by atoms with van der Waals surface area (Å²) in [5.41, 5.74) is 1.14. The van der Waals surface area contributed by atoms with Gasteiger partial charge in [-0.1, -0.05) is 30.3 Å². The van der Waals surface area contributed by atoms with Crippen molar-refractivity contribution in [1.82, 2.24) is 9.88 Å². The van der Waals surface area contributed by atoms with Crippen molar-refractivity contribution in [2.24, 2.45) is 0 Å². The van der Waals surface area contributed by atoms with E-state index in [9.17, 15) is 9.59 Å². The van der Waals surface area contributed by atoms with Gasteiger partial charge < -0.3 is 15.2 Å². The Labute approximate surface area is 122 Å². The smallest absolute Gasteiger partial charge is 0.319 e. The summed E-state index contributed by atoms with van der Waals surface area (Å²) in [6.45, 7) is 0.486. The fraction of sp³-hybridized carbons (Fsp3) is 0.250. The van der Waals surface area contributed by atoms with Crippen LogP contribution in [-0.4, -0.2) is 16.6 Å². The van der Waals surface area contributed by atoms with Crippen LogP contribution in [0.25, 0.3) is 0 Å². The standard InChI is InChI=1S/C16H17N3O2/c20-15-14(18-16(21)17-13-8-9-13)7-4-10-19(15)11-12-5-2-1-3-6-12/h1-7,10,13H,8-9,11H2,(H2,17,18,21). The molecule has 1 aromatic carbocycles. The van der Waals surface area contributed by atoms with Crippen molar-refractivity contribution in [3.05, 3.63) is 64.6 Å². The van der Waals surface area contributed by atoms with Gasteiger partial charge in [-0.05, 0) is 30.5 Å². The largest absolute Gasteiger partial charge is 0.335 e. The molecule has 1 fully saturated rings. The van der Waals surface area contributed by atoms with Gasteiger partial charge in [-0.2, -0.15) is 0 Å². The maximum absolute atomic E-state index is 12.3. The molecular formula is C16H17N3O2. The third-order valence-electron chi connectivity index (χ3n) is 3.38. The molecule has 0 spiro atoms. The SMILES string of the molecule is O=C(Nc1cccn(Cc2ccccc2)c1=O)NC1CC1. The molecule has 21 heavy (non-hydrogen) atoms. The quantitative estimate of drug-likeness (QED) is 0.903. The number of hydrogen-bond donors (Lipinski definition) is 2. The van der Waals surface area contributed by atoms with E-state index in [4.69, 9.17) is 0 Å². The average molecular weight is 283 g/mol. The molecule has 1 aromatic heterocycles. The number of carbonyl (C=O) groups excluding carboxylic acids is 1. The molecule has 0 radical (unpaired) electrons. The number of nitrogens with zero attached hydrogens (tertiary/aromatic N) is 1. The first-order valence-corrected chi connectivity index (χ1v) is 7.03. The molecule has 2 aromatic rings. The lowest BCUT2D eigenvalue weighted by molar-refractivity contribution is 0.251. The zero-order chi connectivity index (χ0) is 14.7. The summed E-state index contributed by atoms with van der Waals surface area (Å²) in [5, 5.41) is 5.42. The molecular weight excluding hydrogens is 266 g/mol. The van der Waals surface area contributed by atoms with E-state index in [-0.39, 0.29) is 17.6 Å². The van der Waals surface area contributed by atoms with Crippen LogP contribution in [0.4, 0.5) is 10.5 Å². The van der Waals surface area contributed by atoms with Gasteiger partial charge in [-0.25, -0.2) is 4.79 Å². The lowest BCUT2D eigenvalue weighted by atomic mass is 10.2. The highest BCUT2D eigenvalue weighted by Crippen LogP contribution is 2.18. The number of urea groups is 1. The van der Waals surface area contributed by atoms with E-state index in [1.807, 2.05) is 30.3 Å². The maximum Gasteiger partial charge on any atom is 0.319 e. The fourth-order valence-corrected chi connectivity index (χ4v) is 2.11. The highest BCUT2D eigenvalue weighted by atomic mass is 16.2. The number of amides is 2. The first-order chi connectivity index (χ1) is 10.2. The van der Waals surface area contributed by atoms with Crippen LogP contribution in [0.5, 0.6) is 0 Å². The Morgan fingerprint density at radius 3 is 2.62 bits per heavy atom. The molecule has 0 unspecified atom stereocenters. The van der Waals surface area contributed by atoms with Crippen molar-refractivity contribution in [3.8, 4) is 0 Å². The first-order valence-electron chi connectivity index (χ1n) is 7.03. The molecule has 108 valence electrons. The predicted molar refractivity (Wildman–Crippen MR) is 81.4 cm³/mol. The molecule has 2 N–H and O–H groups in total. The van der Waals surface area contributed by atoms with E-state index < -0.39 is 0 Å². The predicted octanol–water partition coefficient (Wildman–Crippen LogP) is 2.18. The van der Waals surface area contributed by atoms with Crippen LogP contribution < -0.4 is 16.2 Å². The van der Waals surface area contributed by atoms with Crippen LogP contribution in [0.3, 0.4) is 0 Å². The Hall–Kier alpha value is -2.56. The third kappa shape index (κ3) is 3.51. The van der Waals surface area contributed by atoms with Crippen molar-refractivity contribution >= 4 is 11.7 Å². The zero-order valence-corrected chi connectivity index (χ0v) is 11.6. The third-order valence-corrected chi connectivity index (χ3v) is 3.38. The number of nitrogens with one attached hydrogen (secondary N) is 2. The molecule has 5 heteroatoms. The summed E-state index contributed by atoms with van der Waals surface area (Å²) in [5.74, 6) is 0. The topological polar surface area (TPSA) is 63.1 Å². The number of rotatable bonds is 4. The van der Waals surface area contributed by atoms with Gasteiger partial charge in [0.25, 0.3) is 5.56 Å². The second kappa shape index (κ2) is 5.83. The highest BCUT2D eigenvalue weighted by molar-refractivity contribution is 5.89. The van der Waals surface area contributed by atoms with Crippen LogP contribution in [0.15, 0.2) is 53.5 Å². The molecule has 0 saturated heterocycles. The summed E-state index contributed by atoms with van der Waals surface area (Å²) >= 11 is 0. The lowest BCUT2D eigenvalue weighted by Crippen LogP contribution is -2.33. The molecule has 1 aliphatic carbocycles. The summed E-state index contributed by atoms with van der Waals surface area (Å²) in [7, 11) is 0. The van der Waals surface area contributed by atoms with Gasteiger partial charge in [0.15, 0.2) is 0 Å². The minimum atomic E-state index is -0.313. The first kappa shape index (κ1) is 13.4. The summed E-state index contributed by atoms with van der Waals surface area (Å²) in [6, 6.07) is 13.1. The number of benzene rings is 1. The fourth-order valence-electron chi connectivity index (χ4n) is 2.11. The Bertz CT molecular complexity index is 690. The highest BCUT2D eigenvalue weighted by Gasteiger charge is 2.23.